The SMILES string of the molecule is C[C@H]1CC(F)(F)CN1C. The molecule has 1 aliphatic heterocycles. The first-order valence-electron chi connectivity index (χ1n) is 3.09. The van der Waals surface area contributed by atoms with Crippen LogP contribution in [-0.2, 0) is 0 Å². The monoisotopic (exact) mass is 135 g/mol. The zero-order valence-electron chi connectivity index (χ0n) is 5.69. The van der Waals surface area contributed by atoms with Gasteiger partial charge < -0.3 is 0 Å². The maximum Gasteiger partial charge on any atom is 0.262 e. The molecular formula is C6H11F2N. The molecule has 0 radical (unpaired) electrons. The summed E-state index contributed by atoms with van der Waals surface area (Å²) < 4.78 is 24.8. The maximum absolute atomic E-state index is 12.4. The first-order chi connectivity index (χ1) is 4.01. The highest BCUT2D eigenvalue weighted by atomic mass is 19.3. The summed E-state index contributed by atoms with van der Waals surface area (Å²) in [5.74, 6) is -2.44. The Morgan fingerprint density at radius 3 is 2.22 bits per heavy atom. The van der Waals surface area contributed by atoms with Gasteiger partial charge in [0.05, 0.1) is 6.54 Å². The molecule has 1 rings (SSSR count). The van der Waals surface area contributed by atoms with Crippen molar-refractivity contribution >= 4 is 0 Å². The molecule has 0 aliphatic carbocycles. The molecule has 0 unspecified atom stereocenters. The Kier molecular flexibility index (Phi) is 1.47. The standard InChI is InChI=1S/C6H11F2N/c1-5-3-6(7,8)4-9(5)2/h5H,3-4H2,1-2H3/t5-/m0/s1. The Balaban J connectivity index is 2.54. The van der Waals surface area contributed by atoms with Crippen molar-refractivity contribution in [3.8, 4) is 0 Å². The lowest BCUT2D eigenvalue weighted by atomic mass is 10.2. The highest BCUT2D eigenvalue weighted by Crippen LogP contribution is 2.29. The fraction of sp³-hybridized carbons (Fsp3) is 1.00. The lowest BCUT2D eigenvalue weighted by molar-refractivity contribution is 0.0141. The summed E-state index contributed by atoms with van der Waals surface area (Å²) in [5, 5.41) is 0. The van der Waals surface area contributed by atoms with Gasteiger partial charge in [0.1, 0.15) is 0 Å². The lowest BCUT2D eigenvalue weighted by Crippen LogP contribution is -2.23. The highest BCUT2D eigenvalue weighted by molar-refractivity contribution is 4.85. The first kappa shape index (κ1) is 6.93. The Hall–Kier alpha value is -0.180. The Labute approximate surface area is 53.6 Å². The van der Waals surface area contributed by atoms with Crippen molar-refractivity contribution < 1.29 is 8.78 Å². The molecule has 0 aromatic carbocycles. The number of hydrogen-bond acceptors (Lipinski definition) is 1. The maximum atomic E-state index is 12.4. The average molecular weight is 135 g/mol. The molecule has 0 bridgehead atoms. The van der Waals surface area contributed by atoms with Gasteiger partial charge in [0.25, 0.3) is 5.92 Å². The number of rotatable bonds is 0. The number of hydrogen-bond donors (Lipinski definition) is 0. The summed E-state index contributed by atoms with van der Waals surface area (Å²) in [6.45, 7) is 1.75. The second kappa shape index (κ2) is 1.90. The van der Waals surface area contributed by atoms with Crippen LogP contribution in [0.25, 0.3) is 0 Å². The Bertz CT molecular complexity index is 102. The van der Waals surface area contributed by atoms with Gasteiger partial charge in [-0.1, -0.05) is 0 Å². The largest absolute Gasteiger partial charge is 0.298 e. The van der Waals surface area contributed by atoms with Crippen molar-refractivity contribution in [2.24, 2.45) is 0 Å². The third-order valence-corrected chi connectivity index (χ3v) is 1.83. The van der Waals surface area contributed by atoms with E-state index in [4.69, 9.17) is 0 Å². The van der Waals surface area contributed by atoms with Crippen molar-refractivity contribution in [3.63, 3.8) is 0 Å². The fourth-order valence-electron chi connectivity index (χ4n) is 1.17. The molecule has 0 N–H and O–H groups in total. The predicted octanol–water partition coefficient (Wildman–Crippen LogP) is 1.35. The van der Waals surface area contributed by atoms with E-state index in [-0.39, 0.29) is 19.0 Å². The molecule has 1 aliphatic rings. The molecular weight excluding hydrogens is 124 g/mol. The zero-order valence-corrected chi connectivity index (χ0v) is 5.69. The summed E-state index contributed by atoms with van der Waals surface area (Å²) >= 11 is 0. The van der Waals surface area contributed by atoms with Crippen LogP contribution in [0.4, 0.5) is 8.78 Å². The van der Waals surface area contributed by atoms with Crippen molar-refractivity contribution in [2.75, 3.05) is 13.6 Å². The molecule has 0 amide bonds. The van der Waals surface area contributed by atoms with Crippen LogP contribution in [-0.4, -0.2) is 30.5 Å². The summed E-state index contributed by atoms with van der Waals surface area (Å²) in [6, 6.07) is 0.0417. The number of alkyl halides is 2. The molecule has 0 spiro atoms. The normalized spacial score (nSPS) is 35.3. The summed E-state index contributed by atoms with van der Waals surface area (Å²) in [6.07, 6.45) is 0.0174. The molecule has 3 heteroatoms. The molecule has 0 aromatic rings. The topological polar surface area (TPSA) is 3.24 Å². The van der Waals surface area contributed by atoms with Crippen molar-refractivity contribution in [3.05, 3.63) is 0 Å². The van der Waals surface area contributed by atoms with Gasteiger partial charge in [0.2, 0.25) is 0 Å². The first-order valence-corrected chi connectivity index (χ1v) is 3.09. The van der Waals surface area contributed by atoms with Crippen LogP contribution in [0.3, 0.4) is 0 Å². The average Bonchev–Trinajstić information content (AvgIpc) is 1.79. The van der Waals surface area contributed by atoms with E-state index >= 15 is 0 Å². The molecule has 9 heavy (non-hydrogen) atoms. The van der Waals surface area contributed by atoms with Gasteiger partial charge in [-0.05, 0) is 14.0 Å². The fourth-order valence-corrected chi connectivity index (χ4v) is 1.17. The molecule has 1 atom stereocenters. The second-order valence-electron chi connectivity index (χ2n) is 2.82. The van der Waals surface area contributed by atoms with Gasteiger partial charge in [0, 0.05) is 12.5 Å². The van der Waals surface area contributed by atoms with E-state index in [1.165, 1.54) is 0 Å². The van der Waals surface area contributed by atoms with E-state index in [0.29, 0.717) is 0 Å². The van der Waals surface area contributed by atoms with Gasteiger partial charge in [-0.3, -0.25) is 4.90 Å². The van der Waals surface area contributed by atoms with Gasteiger partial charge >= 0.3 is 0 Å². The van der Waals surface area contributed by atoms with Gasteiger partial charge in [-0.15, -0.1) is 0 Å². The molecule has 1 saturated heterocycles. The molecule has 1 fully saturated rings. The van der Waals surface area contributed by atoms with Crippen molar-refractivity contribution in [1.29, 1.82) is 0 Å². The Morgan fingerprint density at radius 1 is 1.56 bits per heavy atom. The molecule has 0 saturated carbocycles. The molecule has 54 valence electrons. The second-order valence-corrected chi connectivity index (χ2v) is 2.82. The quantitative estimate of drug-likeness (QED) is 0.484. The van der Waals surface area contributed by atoms with E-state index in [0.717, 1.165) is 0 Å². The van der Waals surface area contributed by atoms with E-state index < -0.39 is 5.92 Å². The van der Waals surface area contributed by atoms with E-state index in [1.807, 2.05) is 6.92 Å². The van der Waals surface area contributed by atoms with Gasteiger partial charge in [-0.2, -0.15) is 0 Å². The van der Waals surface area contributed by atoms with Crippen LogP contribution in [0, 0.1) is 0 Å². The third kappa shape index (κ3) is 1.39. The molecule has 0 aromatic heterocycles. The summed E-state index contributed by atoms with van der Waals surface area (Å²) in [4.78, 5) is 1.68. The van der Waals surface area contributed by atoms with Crippen LogP contribution < -0.4 is 0 Å². The summed E-state index contributed by atoms with van der Waals surface area (Å²) in [7, 11) is 1.73. The summed E-state index contributed by atoms with van der Waals surface area (Å²) in [5.41, 5.74) is 0. The van der Waals surface area contributed by atoms with Crippen LogP contribution in [0.1, 0.15) is 13.3 Å². The number of nitrogens with zero attached hydrogens (tertiary/aromatic N) is 1. The minimum atomic E-state index is -2.44. The highest BCUT2D eigenvalue weighted by Gasteiger charge is 2.40. The van der Waals surface area contributed by atoms with Crippen LogP contribution >= 0.6 is 0 Å². The predicted molar refractivity (Wildman–Crippen MR) is 31.7 cm³/mol. The third-order valence-electron chi connectivity index (χ3n) is 1.83. The van der Waals surface area contributed by atoms with Crippen LogP contribution in [0.15, 0.2) is 0 Å². The van der Waals surface area contributed by atoms with E-state index in [2.05, 4.69) is 0 Å². The lowest BCUT2D eigenvalue weighted by Gasteiger charge is -2.11. The van der Waals surface area contributed by atoms with Crippen molar-refractivity contribution in [2.45, 2.75) is 25.3 Å². The van der Waals surface area contributed by atoms with Crippen molar-refractivity contribution in [1.82, 2.24) is 4.90 Å². The van der Waals surface area contributed by atoms with Gasteiger partial charge in [0.15, 0.2) is 0 Å². The smallest absolute Gasteiger partial charge is 0.262 e. The zero-order chi connectivity index (χ0) is 7.07. The minimum Gasteiger partial charge on any atom is -0.298 e. The van der Waals surface area contributed by atoms with E-state index in [9.17, 15) is 8.78 Å². The van der Waals surface area contributed by atoms with E-state index in [1.54, 1.807) is 11.9 Å². The molecule has 1 nitrogen and oxygen atoms in total. The van der Waals surface area contributed by atoms with Crippen LogP contribution in [0.5, 0.6) is 0 Å². The van der Waals surface area contributed by atoms with Gasteiger partial charge in [-0.25, -0.2) is 8.78 Å². The number of likely N-dealkylation sites (tertiary alicyclic amines) is 1. The Morgan fingerprint density at radius 2 is 2.11 bits per heavy atom. The minimum absolute atomic E-state index is 0.0174. The number of halogens is 2. The van der Waals surface area contributed by atoms with Crippen LogP contribution in [0.2, 0.25) is 0 Å². The molecule has 1 heterocycles.